The second-order valence-corrected chi connectivity index (χ2v) is 9.69. The Morgan fingerprint density at radius 3 is 2.45 bits per heavy atom. The molecule has 0 radical (unpaired) electrons. The minimum absolute atomic E-state index is 0.0453. The van der Waals surface area contributed by atoms with Gasteiger partial charge < -0.3 is 14.2 Å². The predicted octanol–water partition coefficient (Wildman–Crippen LogP) is 0.971. The Morgan fingerprint density at radius 1 is 1.13 bits per heavy atom. The highest BCUT2D eigenvalue weighted by Gasteiger charge is 2.33. The number of piperazine rings is 1. The molecule has 2 N–H and O–H groups in total. The van der Waals surface area contributed by atoms with E-state index in [9.17, 15) is 18.0 Å². The smallest absolute Gasteiger partial charge is 0.289 e. The topological polar surface area (TPSA) is 117 Å². The first-order valence-corrected chi connectivity index (χ1v) is 11.7. The van der Waals surface area contributed by atoms with Gasteiger partial charge in [-0.3, -0.25) is 14.5 Å². The van der Waals surface area contributed by atoms with E-state index in [1.54, 1.807) is 41.0 Å². The lowest BCUT2D eigenvalue weighted by atomic mass is 10.1. The van der Waals surface area contributed by atoms with Crippen LogP contribution in [0.3, 0.4) is 0 Å². The van der Waals surface area contributed by atoms with Gasteiger partial charge in [0, 0.05) is 37.9 Å². The van der Waals surface area contributed by atoms with E-state index >= 15 is 0 Å². The maximum Gasteiger partial charge on any atom is 0.289 e. The van der Waals surface area contributed by atoms with Gasteiger partial charge in [0.2, 0.25) is 15.9 Å². The maximum atomic E-state index is 13.1. The first kappa shape index (κ1) is 21.5. The molecule has 31 heavy (non-hydrogen) atoms. The fraction of sp³-hybridized carbons (Fsp3) is 0.429. The van der Waals surface area contributed by atoms with Crippen LogP contribution >= 0.6 is 0 Å². The molecule has 10 heteroatoms. The number of hydrogen-bond acceptors (Lipinski definition) is 6. The maximum absolute atomic E-state index is 13.1. The summed E-state index contributed by atoms with van der Waals surface area (Å²) in [6.45, 7) is 6.21. The number of primary sulfonamides is 1. The molecule has 1 fully saturated rings. The van der Waals surface area contributed by atoms with Gasteiger partial charge in [0.25, 0.3) is 5.91 Å². The molecule has 0 spiro atoms. The Labute approximate surface area is 181 Å². The lowest BCUT2D eigenvalue weighted by Gasteiger charge is -2.35. The monoisotopic (exact) mass is 446 g/mol. The zero-order valence-corrected chi connectivity index (χ0v) is 18.4. The van der Waals surface area contributed by atoms with E-state index < -0.39 is 10.0 Å². The van der Waals surface area contributed by atoms with Gasteiger partial charge in [-0.15, -0.1) is 0 Å². The third-order valence-electron chi connectivity index (χ3n) is 5.83. The first-order chi connectivity index (χ1) is 14.6. The molecule has 0 saturated carbocycles. The highest BCUT2D eigenvalue weighted by Crippen LogP contribution is 2.33. The molecule has 1 unspecified atom stereocenters. The fourth-order valence-corrected chi connectivity index (χ4v) is 4.81. The number of sulfonamides is 1. The normalized spacial score (nSPS) is 19.5. The zero-order chi connectivity index (χ0) is 22.3. The third kappa shape index (κ3) is 4.36. The van der Waals surface area contributed by atoms with Crippen molar-refractivity contribution >= 4 is 27.5 Å². The lowest BCUT2D eigenvalue weighted by Crippen LogP contribution is -2.52. The number of carbonyl (C=O) groups is 2. The van der Waals surface area contributed by atoms with E-state index in [0.717, 1.165) is 11.3 Å². The summed E-state index contributed by atoms with van der Waals surface area (Å²) in [7, 11) is -3.78. The predicted molar refractivity (Wildman–Crippen MR) is 114 cm³/mol. The standard InChI is InChI=1S/C21H26N4O5S/c1-14-11-16-12-17(31(22,28)29)4-5-18(16)25(14)20(26)13-23-7-9-24(10-8-23)21(27)19-6-3-15(2)30-19/h3-6,12,14H,7-11,13H2,1-2H3,(H2,22,28,29). The van der Waals surface area contributed by atoms with Crippen molar-refractivity contribution in [2.45, 2.75) is 31.2 Å². The van der Waals surface area contributed by atoms with E-state index in [1.807, 2.05) is 11.8 Å². The number of nitrogens with zero attached hydrogens (tertiary/aromatic N) is 3. The van der Waals surface area contributed by atoms with E-state index in [1.165, 1.54) is 6.07 Å². The molecule has 9 nitrogen and oxygen atoms in total. The van der Waals surface area contributed by atoms with Crippen LogP contribution in [0.15, 0.2) is 39.6 Å². The number of benzene rings is 1. The van der Waals surface area contributed by atoms with Gasteiger partial charge in [0.15, 0.2) is 5.76 Å². The van der Waals surface area contributed by atoms with Crippen LogP contribution in [0.25, 0.3) is 0 Å². The van der Waals surface area contributed by atoms with Gasteiger partial charge in [-0.25, -0.2) is 13.6 Å². The van der Waals surface area contributed by atoms with Gasteiger partial charge in [-0.05, 0) is 56.2 Å². The molecule has 1 aromatic heterocycles. The highest BCUT2D eigenvalue weighted by molar-refractivity contribution is 7.89. The second kappa shape index (κ2) is 8.10. The summed E-state index contributed by atoms with van der Waals surface area (Å²) in [5, 5.41) is 5.23. The number of hydrogen-bond donors (Lipinski definition) is 1. The van der Waals surface area contributed by atoms with Crippen molar-refractivity contribution in [2.75, 3.05) is 37.6 Å². The average molecular weight is 447 g/mol. The number of nitrogens with two attached hydrogens (primary N) is 1. The minimum Gasteiger partial charge on any atom is -0.456 e. The molecule has 166 valence electrons. The molecule has 1 atom stereocenters. The number of fused-ring (bicyclic) bond motifs is 1. The summed E-state index contributed by atoms with van der Waals surface area (Å²) in [6, 6.07) is 8.02. The van der Waals surface area contributed by atoms with E-state index in [4.69, 9.17) is 9.56 Å². The third-order valence-corrected chi connectivity index (χ3v) is 6.74. The average Bonchev–Trinajstić information content (AvgIpc) is 3.29. The molecule has 2 aromatic rings. The molecule has 2 amide bonds. The van der Waals surface area contributed by atoms with Crippen LogP contribution in [0.2, 0.25) is 0 Å². The van der Waals surface area contributed by atoms with E-state index in [0.29, 0.717) is 44.1 Å². The van der Waals surface area contributed by atoms with Gasteiger partial charge >= 0.3 is 0 Å². The molecule has 3 heterocycles. The first-order valence-electron chi connectivity index (χ1n) is 10.2. The number of anilines is 1. The quantitative estimate of drug-likeness (QED) is 0.748. The van der Waals surface area contributed by atoms with Gasteiger partial charge in [0.05, 0.1) is 11.4 Å². The summed E-state index contributed by atoms with van der Waals surface area (Å²) in [6.07, 6.45) is 0.579. The van der Waals surface area contributed by atoms with Crippen molar-refractivity contribution < 1.29 is 22.4 Å². The van der Waals surface area contributed by atoms with Crippen molar-refractivity contribution in [1.82, 2.24) is 9.80 Å². The molecule has 2 aliphatic heterocycles. The SMILES string of the molecule is Cc1ccc(C(=O)N2CCN(CC(=O)N3c4ccc(S(N)(=O)=O)cc4CC3C)CC2)o1. The summed E-state index contributed by atoms with van der Waals surface area (Å²) in [4.78, 5) is 31.1. The number of amides is 2. The summed E-state index contributed by atoms with van der Waals surface area (Å²) in [5.41, 5.74) is 1.53. The van der Waals surface area contributed by atoms with Crippen molar-refractivity contribution in [1.29, 1.82) is 0 Å². The van der Waals surface area contributed by atoms with Crippen LogP contribution in [0, 0.1) is 6.92 Å². The second-order valence-electron chi connectivity index (χ2n) is 8.13. The van der Waals surface area contributed by atoms with E-state index in [2.05, 4.69) is 0 Å². The highest BCUT2D eigenvalue weighted by atomic mass is 32.2. The van der Waals surface area contributed by atoms with Crippen molar-refractivity contribution in [3.8, 4) is 0 Å². The van der Waals surface area contributed by atoms with Crippen LogP contribution in [0.5, 0.6) is 0 Å². The number of rotatable bonds is 4. The number of aryl methyl sites for hydroxylation is 1. The Morgan fingerprint density at radius 2 is 1.84 bits per heavy atom. The molecular formula is C21H26N4O5S. The molecular weight excluding hydrogens is 420 g/mol. The Hall–Kier alpha value is -2.69. The summed E-state index contributed by atoms with van der Waals surface area (Å²) < 4.78 is 28.7. The molecule has 0 aliphatic carbocycles. The van der Waals surface area contributed by atoms with Crippen LogP contribution in [-0.4, -0.2) is 68.8 Å². The molecule has 4 rings (SSSR count). The van der Waals surface area contributed by atoms with Crippen LogP contribution in [0.1, 0.15) is 28.8 Å². The van der Waals surface area contributed by atoms with Crippen LogP contribution in [0.4, 0.5) is 5.69 Å². The Balaban J connectivity index is 1.38. The van der Waals surface area contributed by atoms with Crippen molar-refractivity contribution in [3.05, 3.63) is 47.4 Å². The van der Waals surface area contributed by atoms with E-state index in [-0.39, 0.29) is 29.3 Å². The summed E-state index contributed by atoms with van der Waals surface area (Å²) >= 11 is 0. The number of carbonyl (C=O) groups excluding carboxylic acids is 2. The van der Waals surface area contributed by atoms with Crippen molar-refractivity contribution in [3.63, 3.8) is 0 Å². The minimum atomic E-state index is -3.78. The van der Waals surface area contributed by atoms with Gasteiger partial charge in [-0.1, -0.05) is 0 Å². The largest absolute Gasteiger partial charge is 0.456 e. The van der Waals surface area contributed by atoms with Gasteiger partial charge in [-0.2, -0.15) is 0 Å². The Bertz CT molecular complexity index is 1120. The van der Waals surface area contributed by atoms with Crippen LogP contribution < -0.4 is 10.0 Å². The molecule has 2 aliphatic rings. The zero-order valence-electron chi connectivity index (χ0n) is 17.6. The fourth-order valence-electron chi connectivity index (χ4n) is 4.25. The van der Waals surface area contributed by atoms with Crippen LogP contribution in [-0.2, 0) is 21.2 Å². The van der Waals surface area contributed by atoms with Gasteiger partial charge in [0.1, 0.15) is 5.76 Å². The van der Waals surface area contributed by atoms with Crippen molar-refractivity contribution in [2.24, 2.45) is 5.14 Å². The summed E-state index contributed by atoms with van der Waals surface area (Å²) in [5.74, 6) is 0.857. The lowest BCUT2D eigenvalue weighted by molar-refractivity contribution is -0.120. The Kier molecular flexibility index (Phi) is 5.63. The number of furan rings is 1. The molecule has 0 bridgehead atoms. The molecule has 1 saturated heterocycles. The molecule has 1 aromatic carbocycles.